The minimum absolute atomic E-state index is 0.296. The van der Waals surface area contributed by atoms with Crippen molar-refractivity contribution in [2.45, 2.75) is 19.9 Å². The van der Waals surface area contributed by atoms with Gasteiger partial charge in [0, 0.05) is 6.08 Å². The molecule has 2 aromatic heterocycles. The van der Waals surface area contributed by atoms with E-state index >= 15 is 0 Å². The maximum atomic E-state index is 12.2. The summed E-state index contributed by atoms with van der Waals surface area (Å²) in [5.74, 6) is -0.783. The predicted octanol–water partition coefficient (Wildman–Crippen LogP) is 2.69. The highest BCUT2D eigenvalue weighted by Crippen LogP contribution is 2.21. The summed E-state index contributed by atoms with van der Waals surface area (Å²) in [7, 11) is 0. The lowest BCUT2D eigenvalue weighted by Crippen LogP contribution is -2.27. The summed E-state index contributed by atoms with van der Waals surface area (Å²) in [4.78, 5) is 35.8. The number of aromatic nitrogens is 3. The van der Waals surface area contributed by atoms with Crippen LogP contribution in [0.15, 0.2) is 47.9 Å². The zero-order valence-corrected chi connectivity index (χ0v) is 15.2. The van der Waals surface area contributed by atoms with E-state index in [2.05, 4.69) is 15.0 Å². The number of benzene rings is 1. The zero-order valence-electron chi connectivity index (χ0n) is 14.4. The predicted molar refractivity (Wildman–Crippen MR) is 99.4 cm³/mol. The number of para-hydroxylation sites is 1. The van der Waals surface area contributed by atoms with Gasteiger partial charge >= 0.3 is 5.97 Å². The molecule has 0 aliphatic rings. The molecule has 1 N–H and O–H groups in total. The Labute approximate surface area is 153 Å². The summed E-state index contributed by atoms with van der Waals surface area (Å²) in [6, 6.07) is 7.02. The van der Waals surface area contributed by atoms with Crippen LogP contribution in [0.4, 0.5) is 0 Å². The van der Waals surface area contributed by atoms with Crippen LogP contribution in [0.3, 0.4) is 0 Å². The molecule has 0 saturated carbocycles. The van der Waals surface area contributed by atoms with Crippen LogP contribution in [0.5, 0.6) is 0 Å². The molecule has 3 rings (SSSR count). The second-order valence-corrected chi connectivity index (χ2v) is 6.45. The van der Waals surface area contributed by atoms with Crippen LogP contribution in [0.2, 0.25) is 0 Å². The van der Waals surface area contributed by atoms with Crippen LogP contribution >= 0.6 is 11.3 Å². The van der Waals surface area contributed by atoms with Crippen LogP contribution in [-0.2, 0) is 14.3 Å². The lowest BCUT2D eigenvalue weighted by molar-refractivity contribution is -0.146. The number of nitrogens with one attached hydrogen (secondary N) is 1. The molecule has 26 heavy (non-hydrogen) atoms. The quantitative estimate of drug-likeness (QED) is 0.552. The van der Waals surface area contributed by atoms with Gasteiger partial charge in [-0.05, 0) is 32.1 Å². The smallest absolute Gasteiger partial charge is 0.328 e. The van der Waals surface area contributed by atoms with Gasteiger partial charge in [0.1, 0.15) is 6.04 Å². The number of carbonyl (C=O) groups is 2. The van der Waals surface area contributed by atoms with Gasteiger partial charge in [0.15, 0.2) is 4.80 Å². The van der Waals surface area contributed by atoms with E-state index in [1.165, 1.54) is 23.7 Å². The standard InChI is InChI=1S/C18H18N4O3S/c1-3-25-17(24)12(2)22-14-6-4-5-7-15(14)26-18(22)21-16(23)9-8-13-10-19-11-20-13/h4-12H,3H2,1-2H3,(H,19,20). The van der Waals surface area contributed by atoms with Gasteiger partial charge in [-0.25, -0.2) is 9.78 Å². The Morgan fingerprint density at radius 1 is 1.42 bits per heavy atom. The summed E-state index contributed by atoms with van der Waals surface area (Å²) in [5, 5.41) is 0. The molecular weight excluding hydrogens is 352 g/mol. The first-order chi connectivity index (χ1) is 12.6. The summed E-state index contributed by atoms with van der Waals surface area (Å²) in [5.41, 5.74) is 1.54. The lowest BCUT2D eigenvalue weighted by atomic mass is 10.3. The van der Waals surface area contributed by atoms with E-state index in [1.54, 1.807) is 30.7 Å². The van der Waals surface area contributed by atoms with Crippen LogP contribution < -0.4 is 4.80 Å². The number of amides is 1. The van der Waals surface area contributed by atoms with Crippen molar-refractivity contribution in [1.29, 1.82) is 0 Å². The molecule has 3 aromatic rings. The molecule has 1 amide bonds. The number of thiazole rings is 1. The minimum atomic E-state index is -0.589. The Bertz CT molecular complexity index is 1010. The van der Waals surface area contributed by atoms with Gasteiger partial charge < -0.3 is 14.3 Å². The molecule has 8 heteroatoms. The molecule has 1 unspecified atom stereocenters. The van der Waals surface area contributed by atoms with Gasteiger partial charge in [-0.1, -0.05) is 23.5 Å². The van der Waals surface area contributed by atoms with Gasteiger partial charge in [-0.15, -0.1) is 0 Å². The van der Waals surface area contributed by atoms with Crippen molar-refractivity contribution >= 4 is 39.5 Å². The van der Waals surface area contributed by atoms with Crippen molar-refractivity contribution < 1.29 is 14.3 Å². The number of rotatable bonds is 5. The van der Waals surface area contributed by atoms with Gasteiger partial charge in [-0.3, -0.25) is 4.79 Å². The van der Waals surface area contributed by atoms with Crippen LogP contribution in [-0.4, -0.2) is 33.0 Å². The summed E-state index contributed by atoms with van der Waals surface area (Å²) in [6.07, 6.45) is 6.09. The van der Waals surface area contributed by atoms with Crippen molar-refractivity contribution in [1.82, 2.24) is 14.5 Å². The molecule has 1 aromatic carbocycles. The molecule has 2 heterocycles. The van der Waals surface area contributed by atoms with E-state index in [1.807, 2.05) is 24.3 Å². The first kappa shape index (κ1) is 17.8. The topological polar surface area (TPSA) is 89.3 Å². The fourth-order valence-electron chi connectivity index (χ4n) is 2.46. The lowest BCUT2D eigenvalue weighted by Gasteiger charge is -2.13. The van der Waals surface area contributed by atoms with E-state index in [-0.39, 0.29) is 5.97 Å². The summed E-state index contributed by atoms with van der Waals surface area (Å²) < 4.78 is 7.80. The molecule has 134 valence electrons. The molecule has 0 bridgehead atoms. The second kappa shape index (κ2) is 7.92. The average Bonchev–Trinajstić information content (AvgIpc) is 3.26. The minimum Gasteiger partial charge on any atom is -0.464 e. The molecular formula is C18H18N4O3S. The van der Waals surface area contributed by atoms with E-state index in [0.717, 1.165) is 10.2 Å². The van der Waals surface area contributed by atoms with Crippen molar-refractivity contribution in [3.63, 3.8) is 0 Å². The van der Waals surface area contributed by atoms with Gasteiger partial charge in [-0.2, -0.15) is 4.99 Å². The fraction of sp³-hybridized carbons (Fsp3) is 0.222. The number of hydrogen-bond donors (Lipinski definition) is 1. The zero-order chi connectivity index (χ0) is 18.5. The number of imidazole rings is 1. The number of fused-ring (bicyclic) bond motifs is 1. The van der Waals surface area contributed by atoms with Gasteiger partial charge in [0.25, 0.3) is 5.91 Å². The van der Waals surface area contributed by atoms with E-state index in [9.17, 15) is 9.59 Å². The van der Waals surface area contributed by atoms with E-state index in [0.29, 0.717) is 17.1 Å². The first-order valence-corrected chi connectivity index (χ1v) is 8.93. The van der Waals surface area contributed by atoms with E-state index in [4.69, 9.17) is 4.74 Å². The monoisotopic (exact) mass is 370 g/mol. The number of carbonyl (C=O) groups excluding carboxylic acids is 2. The third-order valence-corrected chi connectivity index (χ3v) is 4.71. The fourth-order valence-corrected chi connectivity index (χ4v) is 3.57. The van der Waals surface area contributed by atoms with Gasteiger partial charge in [0.2, 0.25) is 0 Å². The Kier molecular flexibility index (Phi) is 5.43. The van der Waals surface area contributed by atoms with Crippen LogP contribution in [0.1, 0.15) is 25.6 Å². The van der Waals surface area contributed by atoms with Crippen molar-refractivity contribution in [3.8, 4) is 0 Å². The first-order valence-electron chi connectivity index (χ1n) is 8.12. The SMILES string of the molecule is CCOC(=O)C(C)n1c(=NC(=O)C=Cc2cnc[nH]2)sc2ccccc21. The maximum absolute atomic E-state index is 12.2. The third kappa shape index (κ3) is 3.80. The van der Waals surface area contributed by atoms with Crippen molar-refractivity contribution in [3.05, 3.63) is 53.4 Å². The Balaban J connectivity index is 2.03. The highest BCUT2D eigenvalue weighted by atomic mass is 32.1. The molecule has 7 nitrogen and oxygen atoms in total. The molecule has 0 radical (unpaired) electrons. The Morgan fingerprint density at radius 2 is 2.23 bits per heavy atom. The summed E-state index contributed by atoms with van der Waals surface area (Å²) in [6.45, 7) is 3.79. The van der Waals surface area contributed by atoms with Crippen molar-refractivity contribution in [2.75, 3.05) is 6.61 Å². The highest BCUT2D eigenvalue weighted by Gasteiger charge is 2.20. The number of aromatic amines is 1. The average molecular weight is 370 g/mol. The normalized spacial score (nSPS) is 13.4. The van der Waals surface area contributed by atoms with Crippen molar-refractivity contribution in [2.24, 2.45) is 4.99 Å². The number of hydrogen-bond acceptors (Lipinski definition) is 5. The Morgan fingerprint density at radius 3 is 2.96 bits per heavy atom. The molecule has 0 aliphatic heterocycles. The van der Waals surface area contributed by atoms with E-state index < -0.39 is 11.9 Å². The molecule has 0 saturated heterocycles. The largest absolute Gasteiger partial charge is 0.464 e. The number of esters is 1. The molecule has 0 fully saturated rings. The Hall–Kier alpha value is -3.00. The molecule has 0 aliphatic carbocycles. The number of H-pyrrole nitrogens is 1. The molecule has 1 atom stereocenters. The number of nitrogens with zero attached hydrogens (tertiary/aromatic N) is 3. The van der Waals surface area contributed by atoms with Crippen LogP contribution in [0, 0.1) is 0 Å². The third-order valence-electron chi connectivity index (χ3n) is 3.68. The molecule has 0 spiro atoms. The second-order valence-electron chi connectivity index (χ2n) is 5.44. The highest BCUT2D eigenvalue weighted by molar-refractivity contribution is 7.16. The summed E-state index contributed by atoms with van der Waals surface area (Å²) >= 11 is 1.35. The van der Waals surface area contributed by atoms with Crippen LogP contribution in [0.25, 0.3) is 16.3 Å². The number of ether oxygens (including phenoxy) is 1. The van der Waals surface area contributed by atoms with Gasteiger partial charge in [0.05, 0.1) is 35.0 Å². The maximum Gasteiger partial charge on any atom is 0.328 e.